The molecule has 0 saturated carbocycles. The lowest BCUT2D eigenvalue weighted by Crippen LogP contribution is -2.24. The lowest BCUT2D eigenvalue weighted by atomic mass is 9.91. The van der Waals surface area contributed by atoms with Crippen LogP contribution in [0.3, 0.4) is 0 Å². The predicted octanol–water partition coefficient (Wildman–Crippen LogP) is 3.53. The highest BCUT2D eigenvalue weighted by Gasteiger charge is 2.24. The molecule has 1 atom stereocenters. The summed E-state index contributed by atoms with van der Waals surface area (Å²) in [6.07, 6.45) is 4.70. The van der Waals surface area contributed by atoms with E-state index in [2.05, 4.69) is 29.5 Å². The molecule has 0 aliphatic heterocycles. The van der Waals surface area contributed by atoms with E-state index in [-0.39, 0.29) is 0 Å². The molecule has 0 bridgehead atoms. The summed E-state index contributed by atoms with van der Waals surface area (Å²) in [5.74, 6) is 0.612. The molecule has 1 aliphatic rings. The monoisotopic (exact) mass is 307 g/mol. The normalized spacial score (nSPS) is 18.2. The Morgan fingerprint density at radius 3 is 3.05 bits per heavy atom. The van der Waals surface area contributed by atoms with Crippen LogP contribution >= 0.6 is 22.7 Å². The van der Waals surface area contributed by atoms with Gasteiger partial charge in [0.25, 0.3) is 0 Å². The van der Waals surface area contributed by atoms with Crippen molar-refractivity contribution in [3.8, 4) is 0 Å². The Bertz CT molecular complexity index is 573. The lowest BCUT2D eigenvalue weighted by molar-refractivity contribution is 0.508. The molecule has 1 unspecified atom stereocenters. The van der Waals surface area contributed by atoms with E-state index in [1.54, 1.807) is 11.3 Å². The van der Waals surface area contributed by atoms with Gasteiger partial charge in [0, 0.05) is 29.1 Å². The molecular formula is C15H21N3S2. The fourth-order valence-electron chi connectivity index (χ4n) is 2.80. The Morgan fingerprint density at radius 2 is 2.30 bits per heavy atom. The molecule has 20 heavy (non-hydrogen) atoms. The predicted molar refractivity (Wildman–Crippen MR) is 86.0 cm³/mol. The average Bonchev–Trinajstić information content (AvgIpc) is 3.02. The van der Waals surface area contributed by atoms with Crippen LogP contribution in [0.1, 0.15) is 52.0 Å². The summed E-state index contributed by atoms with van der Waals surface area (Å²) in [7, 11) is 0. The fourth-order valence-corrected chi connectivity index (χ4v) is 4.62. The highest BCUT2D eigenvalue weighted by atomic mass is 32.1. The Morgan fingerprint density at radius 1 is 1.40 bits per heavy atom. The van der Waals surface area contributed by atoms with Crippen LogP contribution in [0.25, 0.3) is 0 Å². The maximum absolute atomic E-state index is 4.93. The topological polar surface area (TPSA) is 37.8 Å². The fraction of sp³-hybridized carbons (Fsp3) is 0.600. The van der Waals surface area contributed by atoms with Gasteiger partial charge < -0.3 is 5.32 Å². The van der Waals surface area contributed by atoms with E-state index in [9.17, 15) is 0 Å². The number of thiazole rings is 2. The number of aryl methyl sites for hydroxylation is 2. The molecule has 3 rings (SSSR count). The van der Waals surface area contributed by atoms with Crippen LogP contribution in [0.4, 0.5) is 0 Å². The van der Waals surface area contributed by atoms with Gasteiger partial charge in [-0.3, -0.25) is 0 Å². The molecule has 3 nitrogen and oxygen atoms in total. The van der Waals surface area contributed by atoms with E-state index in [1.807, 2.05) is 11.3 Å². The van der Waals surface area contributed by atoms with E-state index in [0.717, 1.165) is 24.5 Å². The van der Waals surface area contributed by atoms with Crippen LogP contribution < -0.4 is 5.32 Å². The zero-order chi connectivity index (χ0) is 13.9. The minimum Gasteiger partial charge on any atom is -0.316 e. The molecule has 0 saturated heterocycles. The molecule has 0 spiro atoms. The van der Waals surface area contributed by atoms with Crippen LogP contribution in [-0.4, -0.2) is 23.1 Å². The third-order valence-electron chi connectivity index (χ3n) is 3.75. The van der Waals surface area contributed by atoms with Crippen LogP contribution in [-0.2, 0) is 12.8 Å². The van der Waals surface area contributed by atoms with Gasteiger partial charge in [0.1, 0.15) is 0 Å². The molecule has 2 aromatic heterocycles. The van der Waals surface area contributed by atoms with Gasteiger partial charge in [-0.15, -0.1) is 22.7 Å². The van der Waals surface area contributed by atoms with Crippen molar-refractivity contribution in [1.82, 2.24) is 15.3 Å². The molecule has 1 N–H and O–H groups in total. The SMILES string of the molecule is CCNCC1CCCc2sc(Cc3csc(C)n3)nc21. The zero-order valence-corrected chi connectivity index (χ0v) is 13.7. The highest BCUT2D eigenvalue weighted by molar-refractivity contribution is 7.11. The first kappa shape index (κ1) is 14.2. The van der Waals surface area contributed by atoms with E-state index in [0.29, 0.717) is 5.92 Å². The van der Waals surface area contributed by atoms with Gasteiger partial charge in [0.05, 0.1) is 21.4 Å². The van der Waals surface area contributed by atoms with Gasteiger partial charge in [-0.05, 0) is 32.7 Å². The van der Waals surface area contributed by atoms with Gasteiger partial charge in [-0.2, -0.15) is 0 Å². The van der Waals surface area contributed by atoms with Crippen LogP contribution in [0.15, 0.2) is 5.38 Å². The van der Waals surface area contributed by atoms with E-state index in [1.165, 1.54) is 40.5 Å². The van der Waals surface area contributed by atoms with Gasteiger partial charge in [-0.1, -0.05) is 6.92 Å². The van der Waals surface area contributed by atoms with Gasteiger partial charge in [0.15, 0.2) is 0 Å². The van der Waals surface area contributed by atoms with Crippen molar-refractivity contribution >= 4 is 22.7 Å². The highest BCUT2D eigenvalue weighted by Crippen LogP contribution is 2.35. The third kappa shape index (κ3) is 3.10. The van der Waals surface area contributed by atoms with Crippen molar-refractivity contribution in [2.75, 3.05) is 13.1 Å². The van der Waals surface area contributed by atoms with Crippen molar-refractivity contribution in [2.24, 2.45) is 0 Å². The first-order chi connectivity index (χ1) is 9.76. The second-order valence-electron chi connectivity index (χ2n) is 5.35. The molecular weight excluding hydrogens is 286 g/mol. The first-order valence-corrected chi connectivity index (χ1v) is 9.06. The van der Waals surface area contributed by atoms with Crippen LogP contribution in [0, 0.1) is 6.92 Å². The van der Waals surface area contributed by atoms with Crippen molar-refractivity contribution in [2.45, 2.75) is 45.4 Å². The van der Waals surface area contributed by atoms with Crippen molar-refractivity contribution in [1.29, 1.82) is 0 Å². The summed E-state index contributed by atoms with van der Waals surface area (Å²) < 4.78 is 0. The standard InChI is InChI=1S/C15H21N3S2/c1-3-16-8-11-5-4-6-13-15(11)18-14(20-13)7-12-9-19-10(2)17-12/h9,11,16H,3-8H2,1-2H3. The molecule has 5 heteroatoms. The summed E-state index contributed by atoms with van der Waals surface area (Å²) in [4.78, 5) is 11.0. The van der Waals surface area contributed by atoms with Crippen molar-refractivity contribution in [3.05, 3.63) is 31.7 Å². The summed E-state index contributed by atoms with van der Waals surface area (Å²) in [5, 5.41) is 8.02. The van der Waals surface area contributed by atoms with E-state index in [4.69, 9.17) is 4.98 Å². The zero-order valence-electron chi connectivity index (χ0n) is 12.1. The number of nitrogens with zero attached hydrogens (tertiary/aromatic N) is 2. The number of fused-ring (bicyclic) bond motifs is 1. The smallest absolute Gasteiger partial charge is 0.0991 e. The largest absolute Gasteiger partial charge is 0.316 e. The molecule has 0 radical (unpaired) electrons. The number of hydrogen-bond acceptors (Lipinski definition) is 5. The summed E-state index contributed by atoms with van der Waals surface area (Å²) in [6, 6.07) is 0. The number of aromatic nitrogens is 2. The summed E-state index contributed by atoms with van der Waals surface area (Å²) in [6.45, 7) is 6.34. The molecule has 2 aromatic rings. The summed E-state index contributed by atoms with van der Waals surface area (Å²) >= 11 is 3.63. The second kappa shape index (κ2) is 6.33. The summed E-state index contributed by atoms with van der Waals surface area (Å²) in [5.41, 5.74) is 2.53. The van der Waals surface area contributed by atoms with Gasteiger partial charge in [0.2, 0.25) is 0 Å². The van der Waals surface area contributed by atoms with Crippen LogP contribution in [0.2, 0.25) is 0 Å². The Labute approximate surface area is 128 Å². The Kier molecular flexibility index (Phi) is 4.48. The van der Waals surface area contributed by atoms with Crippen LogP contribution in [0.5, 0.6) is 0 Å². The number of likely N-dealkylation sites (N-methyl/N-ethyl adjacent to an activating group) is 1. The quantitative estimate of drug-likeness (QED) is 0.918. The Balaban J connectivity index is 1.76. The molecule has 1 aliphatic carbocycles. The first-order valence-electron chi connectivity index (χ1n) is 7.36. The van der Waals surface area contributed by atoms with Gasteiger partial charge >= 0.3 is 0 Å². The lowest BCUT2D eigenvalue weighted by Gasteiger charge is -2.21. The maximum Gasteiger partial charge on any atom is 0.0991 e. The van der Waals surface area contributed by atoms with Crippen molar-refractivity contribution < 1.29 is 0 Å². The minimum atomic E-state index is 0.612. The second-order valence-corrected chi connectivity index (χ2v) is 7.58. The van der Waals surface area contributed by atoms with Gasteiger partial charge in [-0.25, -0.2) is 9.97 Å². The number of rotatable bonds is 5. The van der Waals surface area contributed by atoms with E-state index >= 15 is 0 Å². The van der Waals surface area contributed by atoms with E-state index < -0.39 is 0 Å². The van der Waals surface area contributed by atoms with Crippen molar-refractivity contribution in [3.63, 3.8) is 0 Å². The molecule has 0 aromatic carbocycles. The third-order valence-corrected chi connectivity index (χ3v) is 5.71. The molecule has 108 valence electrons. The number of nitrogens with one attached hydrogen (secondary N) is 1. The molecule has 2 heterocycles. The average molecular weight is 307 g/mol. The number of hydrogen-bond donors (Lipinski definition) is 1. The minimum absolute atomic E-state index is 0.612. The molecule has 0 fully saturated rings. The molecule has 0 amide bonds. The Hall–Kier alpha value is -0.780. The maximum atomic E-state index is 4.93.